The van der Waals surface area contributed by atoms with Gasteiger partial charge in [0.25, 0.3) is 5.91 Å². The number of nitrogens with zero attached hydrogens (tertiary/aromatic N) is 4. The molecule has 4 rings (SSSR count). The van der Waals surface area contributed by atoms with Gasteiger partial charge in [0.2, 0.25) is 0 Å². The molecule has 4 heterocycles. The summed E-state index contributed by atoms with van der Waals surface area (Å²) in [5, 5.41) is 9.56. The Labute approximate surface area is 126 Å². The Morgan fingerprint density at radius 2 is 2.05 bits per heavy atom. The molecule has 8 nitrogen and oxygen atoms in total. The molecule has 2 aliphatic rings. The number of fused-ring (bicyclic) bond motifs is 1. The Hall–Kier alpha value is -2.64. The Morgan fingerprint density at radius 1 is 1.23 bits per heavy atom. The molecule has 0 saturated carbocycles. The summed E-state index contributed by atoms with van der Waals surface area (Å²) in [4.78, 5) is 30.0. The van der Waals surface area contributed by atoms with Crippen molar-refractivity contribution in [1.82, 2.24) is 25.2 Å². The second-order valence-electron chi connectivity index (χ2n) is 5.97. The average molecular weight is 300 g/mol. The summed E-state index contributed by atoms with van der Waals surface area (Å²) in [6, 6.07) is 3.46. The number of hydrogen-bond donors (Lipinski definition) is 2. The van der Waals surface area contributed by atoms with Gasteiger partial charge in [0, 0.05) is 24.4 Å². The number of nitrogens with one attached hydrogen (secondary N) is 2. The maximum absolute atomic E-state index is 12.1. The van der Waals surface area contributed by atoms with Gasteiger partial charge in [0.15, 0.2) is 5.65 Å². The molecular formula is C14H16N6O2. The molecule has 2 aromatic heterocycles. The monoisotopic (exact) mass is 300 g/mol. The van der Waals surface area contributed by atoms with Gasteiger partial charge in [-0.3, -0.25) is 10.1 Å². The number of amides is 3. The standard InChI is InChI=1S/C14H16N6O2/c1-8-6-11(20-10(15-8)5-9(2)18-20)19-4-3-14(7-19)12(21)16-13(22)17-14/h5-6H,3-4,7H2,1-2H3,(H2,16,17,21,22). The predicted molar refractivity (Wildman–Crippen MR) is 78.7 cm³/mol. The highest BCUT2D eigenvalue weighted by molar-refractivity contribution is 6.07. The van der Waals surface area contributed by atoms with Crippen LogP contribution in [-0.4, -0.2) is 45.2 Å². The van der Waals surface area contributed by atoms with Crippen molar-refractivity contribution in [3.8, 4) is 0 Å². The first-order chi connectivity index (χ1) is 10.5. The molecule has 2 N–H and O–H groups in total. The fraction of sp³-hybridized carbons (Fsp3) is 0.429. The molecule has 3 amide bonds. The van der Waals surface area contributed by atoms with Crippen LogP contribution in [0.3, 0.4) is 0 Å². The van der Waals surface area contributed by atoms with Crippen molar-refractivity contribution in [2.45, 2.75) is 25.8 Å². The predicted octanol–water partition coefficient (Wildman–Crippen LogP) is 0.134. The highest BCUT2D eigenvalue weighted by Crippen LogP contribution is 2.29. The Bertz CT molecular complexity index is 813. The van der Waals surface area contributed by atoms with Crippen molar-refractivity contribution in [3.63, 3.8) is 0 Å². The first kappa shape index (κ1) is 13.1. The van der Waals surface area contributed by atoms with Crippen LogP contribution in [0.5, 0.6) is 0 Å². The van der Waals surface area contributed by atoms with Crippen LogP contribution < -0.4 is 15.5 Å². The van der Waals surface area contributed by atoms with Gasteiger partial charge in [-0.15, -0.1) is 0 Å². The molecular weight excluding hydrogens is 284 g/mol. The molecule has 0 aromatic carbocycles. The number of urea groups is 1. The van der Waals surface area contributed by atoms with E-state index >= 15 is 0 Å². The highest BCUT2D eigenvalue weighted by Gasteiger charge is 2.51. The van der Waals surface area contributed by atoms with E-state index in [9.17, 15) is 9.59 Å². The third-order valence-corrected chi connectivity index (χ3v) is 4.27. The van der Waals surface area contributed by atoms with E-state index in [1.807, 2.05) is 26.0 Å². The van der Waals surface area contributed by atoms with Crippen LogP contribution in [0.4, 0.5) is 10.6 Å². The minimum absolute atomic E-state index is 0.251. The molecule has 0 aliphatic carbocycles. The maximum atomic E-state index is 12.1. The summed E-state index contributed by atoms with van der Waals surface area (Å²) in [6.07, 6.45) is 0.577. The second kappa shape index (κ2) is 4.19. The summed E-state index contributed by atoms with van der Waals surface area (Å²) in [5.74, 6) is 0.639. The molecule has 114 valence electrons. The van der Waals surface area contributed by atoms with Crippen molar-refractivity contribution in [1.29, 1.82) is 0 Å². The molecule has 0 bridgehead atoms. The van der Waals surface area contributed by atoms with Crippen LogP contribution >= 0.6 is 0 Å². The van der Waals surface area contributed by atoms with E-state index in [2.05, 4.69) is 25.6 Å². The number of hydrogen-bond acceptors (Lipinski definition) is 5. The van der Waals surface area contributed by atoms with Gasteiger partial charge in [0.1, 0.15) is 11.4 Å². The van der Waals surface area contributed by atoms with E-state index in [-0.39, 0.29) is 5.91 Å². The van der Waals surface area contributed by atoms with Crippen molar-refractivity contribution in [2.75, 3.05) is 18.0 Å². The average Bonchev–Trinajstić information content (AvgIpc) is 3.08. The Morgan fingerprint density at radius 3 is 2.77 bits per heavy atom. The Balaban J connectivity index is 1.75. The summed E-state index contributed by atoms with van der Waals surface area (Å²) in [5.41, 5.74) is 1.74. The van der Waals surface area contributed by atoms with Gasteiger partial charge in [0.05, 0.1) is 12.2 Å². The number of carbonyl (C=O) groups is 2. The van der Waals surface area contributed by atoms with Gasteiger partial charge >= 0.3 is 6.03 Å². The van der Waals surface area contributed by atoms with E-state index in [1.54, 1.807) is 4.52 Å². The largest absolute Gasteiger partial charge is 0.353 e. The van der Waals surface area contributed by atoms with Crippen molar-refractivity contribution < 1.29 is 9.59 Å². The van der Waals surface area contributed by atoms with Crippen molar-refractivity contribution in [2.24, 2.45) is 0 Å². The smallest absolute Gasteiger partial charge is 0.322 e. The molecule has 22 heavy (non-hydrogen) atoms. The third kappa shape index (κ3) is 1.76. The lowest BCUT2D eigenvalue weighted by atomic mass is 10.00. The van der Waals surface area contributed by atoms with Crippen LogP contribution in [0.25, 0.3) is 5.65 Å². The van der Waals surface area contributed by atoms with Crippen LogP contribution in [0.1, 0.15) is 17.8 Å². The zero-order valence-electron chi connectivity index (χ0n) is 12.4. The zero-order chi connectivity index (χ0) is 15.5. The number of imide groups is 1. The van der Waals surface area contributed by atoms with Crippen molar-refractivity contribution >= 4 is 23.4 Å². The summed E-state index contributed by atoms with van der Waals surface area (Å²) in [6.45, 7) is 4.96. The van der Waals surface area contributed by atoms with E-state index < -0.39 is 11.6 Å². The first-order valence-corrected chi connectivity index (χ1v) is 7.19. The minimum atomic E-state index is -0.831. The lowest BCUT2D eigenvalue weighted by Crippen LogP contribution is -2.49. The van der Waals surface area contributed by atoms with E-state index in [0.717, 1.165) is 22.9 Å². The molecule has 2 fully saturated rings. The van der Waals surface area contributed by atoms with Gasteiger partial charge in [-0.1, -0.05) is 0 Å². The fourth-order valence-electron chi connectivity index (χ4n) is 3.24. The first-order valence-electron chi connectivity index (χ1n) is 7.19. The molecule has 0 radical (unpaired) electrons. The maximum Gasteiger partial charge on any atom is 0.322 e. The molecule has 8 heteroatoms. The van der Waals surface area contributed by atoms with E-state index in [4.69, 9.17) is 0 Å². The van der Waals surface area contributed by atoms with Gasteiger partial charge in [-0.25, -0.2) is 9.78 Å². The van der Waals surface area contributed by atoms with E-state index in [0.29, 0.717) is 19.5 Å². The number of rotatable bonds is 1. The highest BCUT2D eigenvalue weighted by atomic mass is 16.2. The van der Waals surface area contributed by atoms with Crippen LogP contribution in [0.15, 0.2) is 12.1 Å². The molecule has 1 atom stereocenters. The van der Waals surface area contributed by atoms with Gasteiger partial charge in [-0.2, -0.15) is 9.61 Å². The van der Waals surface area contributed by atoms with Gasteiger partial charge in [-0.05, 0) is 20.3 Å². The fourth-order valence-corrected chi connectivity index (χ4v) is 3.24. The SMILES string of the molecule is Cc1cc(N2CCC3(C2)NC(=O)NC3=O)n2nc(C)cc2n1. The molecule has 2 aliphatic heterocycles. The van der Waals surface area contributed by atoms with Crippen molar-refractivity contribution in [3.05, 3.63) is 23.5 Å². The topological polar surface area (TPSA) is 91.6 Å². The molecule has 2 saturated heterocycles. The Kier molecular flexibility index (Phi) is 2.48. The number of anilines is 1. The normalized spacial score (nSPS) is 24.4. The quantitative estimate of drug-likeness (QED) is 0.731. The number of aryl methyl sites for hydroxylation is 2. The summed E-state index contributed by atoms with van der Waals surface area (Å²) in [7, 11) is 0. The summed E-state index contributed by atoms with van der Waals surface area (Å²) >= 11 is 0. The summed E-state index contributed by atoms with van der Waals surface area (Å²) < 4.78 is 1.79. The second-order valence-corrected chi connectivity index (χ2v) is 5.97. The lowest BCUT2D eigenvalue weighted by molar-refractivity contribution is -0.123. The number of carbonyl (C=O) groups excluding carboxylic acids is 2. The van der Waals surface area contributed by atoms with E-state index in [1.165, 1.54) is 0 Å². The lowest BCUT2D eigenvalue weighted by Gasteiger charge is -2.23. The molecule has 1 unspecified atom stereocenters. The van der Waals surface area contributed by atoms with Crippen LogP contribution in [0, 0.1) is 13.8 Å². The molecule has 2 aromatic rings. The minimum Gasteiger partial charge on any atom is -0.353 e. The van der Waals surface area contributed by atoms with Gasteiger partial charge < -0.3 is 10.2 Å². The number of aromatic nitrogens is 3. The van der Waals surface area contributed by atoms with Crippen LogP contribution in [-0.2, 0) is 4.79 Å². The third-order valence-electron chi connectivity index (χ3n) is 4.27. The van der Waals surface area contributed by atoms with Crippen LogP contribution in [0.2, 0.25) is 0 Å². The molecule has 1 spiro atoms. The zero-order valence-corrected chi connectivity index (χ0v) is 12.4.